The Balaban J connectivity index is 1.93. The average Bonchev–Trinajstić information content (AvgIpc) is 2.73. The molecule has 0 aromatic heterocycles. The number of fused-ring (bicyclic) bond motifs is 1. The molecule has 0 saturated heterocycles. The maximum Gasteiger partial charge on any atom is 0.259 e. The van der Waals surface area contributed by atoms with Gasteiger partial charge in [-0.2, -0.15) is 0 Å². The maximum atomic E-state index is 11.6. The summed E-state index contributed by atoms with van der Waals surface area (Å²) in [5, 5.41) is 5.39. The number of hydrogen-bond donors (Lipinski definition) is 3. The van der Waals surface area contributed by atoms with Gasteiger partial charge in [0, 0.05) is 29.2 Å². The van der Waals surface area contributed by atoms with Crippen molar-refractivity contribution in [1.29, 1.82) is 0 Å². The Bertz CT molecular complexity index is 756. The maximum absolute atomic E-state index is 11.6. The zero-order valence-corrected chi connectivity index (χ0v) is 11.3. The van der Waals surface area contributed by atoms with Crippen molar-refractivity contribution in [2.75, 3.05) is 18.2 Å². The largest absolute Gasteiger partial charge is 0.497 e. The van der Waals surface area contributed by atoms with Gasteiger partial charge in [-0.1, -0.05) is 0 Å². The molecule has 2 aromatic carbocycles. The summed E-state index contributed by atoms with van der Waals surface area (Å²) in [5.41, 5.74) is 8.52. The molecule has 0 bridgehead atoms. The van der Waals surface area contributed by atoms with E-state index >= 15 is 0 Å². The van der Waals surface area contributed by atoms with Crippen LogP contribution in [0.5, 0.6) is 5.75 Å². The number of rotatable bonds is 3. The minimum atomic E-state index is -0.385. The molecule has 1 aliphatic rings. The van der Waals surface area contributed by atoms with Gasteiger partial charge in [0.1, 0.15) is 5.75 Å². The highest BCUT2D eigenvalue weighted by molar-refractivity contribution is 6.21. The highest BCUT2D eigenvalue weighted by Gasteiger charge is 2.26. The van der Waals surface area contributed by atoms with Crippen molar-refractivity contribution in [2.24, 2.45) is 0 Å². The predicted molar refractivity (Wildman–Crippen MR) is 78.9 cm³/mol. The first kappa shape index (κ1) is 13.0. The fourth-order valence-corrected chi connectivity index (χ4v) is 2.22. The van der Waals surface area contributed by atoms with E-state index in [0.717, 1.165) is 5.69 Å². The van der Waals surface area contributed by atoms with Gasteiger partial charge in [0.05, 0.1) is 18.2 Å². The molecular weight excluding hydrogens is 270 g/mol. The summed E-state index contributed by atoms with van der Waals surface area (Å²) in [4.78, 5) is 23.1. The fourth-order valence-electron chi connectivity index (χ4n) is 2.22. The number of nitrogens with one attached hydrogen (secondary N) is 2. The van der Waals surface area contributed by atoms with E-state index in [1.165, 1.54) is 0 Å². The van der Waals surface area contributed by atoms with E-state index in [9.17, 15) is 9.59 Å². The van der Waals surface area contributed by atoms with E-state index in [1.807, 2.05) is 0 Å². The fraction of sp³-hybridized carbons (Fsp3) is 0.0667. The highest BCUT2D eigenvalue weighted by atomic mass is 16.5. The monoisotopic (exact) mass is 283 g/mol. The first-order valence-electron chi connectivity index (χ1n) is 6.28. The number of benzene rings is 2. The lowest BCUT2D eigenvalue weighted by atomic mass is 10.1. The highest BCUT2D eigenvalue weighted by Crippen LogP contribution is 2.27. The summed E-state index contributed by atoms with van der Waals surface area (Å²) in [6, 6.07) is 10.2. The number of anilines is 3. The van der Waals surface area contributed by atoms with Crippen molar-refractivity contribution in [2.45, 2.75) is 0 Å². The van der Waals surface area contributed by atoms with E-state index in [0.29, 0.717) is 28.3 Å². The molecule has 1 heterocycles. The molecule has 21 heavy (non-hydrogen) atoms. The Morgan fingerprint density at radius 3 is 2.52 bits per heavy atom. The number of ether oxygens (including phenoxy) is 1. The van der Waals surface area contributed by atoms with Crippen molar-refractivity contribution in [3.8, 4) is 5.75 Å². The number of imide groups is 1. The summed E-state index contributed by atoms with van der Waals surface area (Å²) < 4.78 is 5.15. The van der Waals surface area contributed by atoms with Crippen LogP contribution in [0.3, 0.4) is 0 Å². The quantitative estimate of drug-likeness (QED) is 0.591. The van der Waals surface area contributed by atoms with E-state index in [1.54, 1.807) is 43.5 Å². The SMILES string of the molecule is COc1cc(N)cc(Nc2ccc3c(c2)C(=O)NC3=O)c1. The molecule has 2 amide bonds. The summed E-state index contributed by atoms with van der Waals surface area (Å²) in [6.45, 7) is 0. The van der Waals surface area contributed by atoms with Crippen LogP contribution >= 0.6 is 0 Å². The molecule has 106 valence electrons. The topological polar surface area (TPSA) is 93.4 Å². The first-order valence-corrected chi connectivity index (χ1v) is 6.28. The van der Waals surface area contributed by atoms with Gasteiger partial charge in [0.2, 0.25) is 0 Å². The Hall–Kier alpha value is -3.02. The number of nitrogen functional groups attached to an aromatic ring is 1. The normalized spacial score (nSPS) is 12.8. The third-order valence-corrected chi connectivity index (χ3v) is 3.19. The minimum absolute atomic E-state index is 0.362. The van der Waals surface area contributed by atoms with Gasteiger partial charge in [-0.15, -0.1) is 0 Å². The lowest BCUT2D eigenvalue weighted by molar-refractivity contribution is 0.0879. The molecule has 2 aromatic rings. The second kappa shape index (κ2) is 4.82. The van der Waals surface area contributed by atoms with Gasteiger partial charge < -0.3 is 15.8 Å². The van der Waals surface area contributed by atoms with Crippen LogP contribution in [0.1, 0.15) is 20.7 Å². The standard InChI is InChI=1S/C15H13N3O3/c1-21-11-5-8(16)4-10(6-11)17-9-2-3-12-13(7-9)15(20)18-14(12)19/h2-7,17H,16H2,1H3,(H,18,19,20). The zero-order valence-electron chi connectivity index (χ0n) is 11.3. The number of nitrogens with two attached hydrogens (primary N) is 1. The molecule has 6 heteroatoms. The molecule has 0 unspecified atom stereocenters. The van der Waals surface area contributed by atoms with Gasteiger partial charge in [-0.05, 0) is 24.3 Å². The number of carbonyl (C=O) groups excluding carboxylic acids is 2. The number of carbonyl (C=O) groups is 2. The molecule has 0 radical (unpaired) electrons. The van der Waals surface area contributed by atoms with Crippen molar-refractivity contribution in [1.82, 2.24) is 5.32 Å². The summed E-state index contributed by atoms with van der Waals surface area (Å²) in [5.74, 6) is -0.123. The van der Waals surface area contributed by atoms with Crippen LogP contribution in [0.4, 0.5) is 17.1 Å². The lowest BCUT2D eigenvalue weighted by Gasteiger charge is -2.10. The van der Waals surface area contributed by atoms with Crippen molar-refractivity contribution in [3.63, 3.8) is 0 Å². The molecule has 0 fully saturated rings. The van der Waals surface area contributed by atoms with Crippen molar-refractivity contribution >= 4 is 28.9 Å². The number of amides is 2. The van der Waals surface area contributed by atoms with E-state index in [-0.39, 0.29) is 11.8 Å². The van der Waals surface area contributed by atoms with Crippen LogP contribution in [-0.4, -0.2) is 18.9 Å². The smallest absolute Gasteiger partial charge is 0.259 e. The van der Waals surface area contributed by atoms with E-state index in [2.05, 4.69) is 10.6 Å². The Morgan fingerprint density at radius 1 is 1.00 bits per heavy atom. The van der Waals surface area contributed by atoms with Gasteiger partial charge >= 0.3 is 0 Å². The molecule has 6 nitrogen and oxygen atoms in total. The second-order valence-corrected chi connectivity index (χ2v) is 4.66. The van der Waals surface area contributed by atoms with Crippen LogP contribution < -0.4 is 21.1 Å². The summed E-state index contributed by atoms with van der Waals surface area (Å²) in [7, 11) is 1.56. The molecule has 3 rings (SSSR count). The number of methoxy groups -OCH3 is 1. The zero-order chi connectivity index (χ0) is 15.0. The molecular formula is C15H13N3O3. The molecule has 4 N–H and O–H groups in total. The van der Waals surface area contributed by atoms with Crippen LogP contribution in [0, 0.1) is 0 Å². The van der Waals surface area contributed by atoms with Gasteiger partial charge in [-0.25, -0.2) is 0 Å². The number of hydrogen-bond acceptors (Lipinski definition) is 5. The Morgan fingerprint density at radius 2 is 1.76 bits per heavy atom. The minimum Gasteiger partial charge on any atom is -0.497 e. The summed E-state index contributed by atoms with van der Waals surface area (Å²) >= 11 is 0. The third kappa shape index (κ3) is 2.38. The third-order valence-electron chi connectivity index (χ3n) is 3.19. The van der Waals surface area contributed by atoms with Crippen LogP contribution in [0.25, 0.3) is 0 Å². The molecule has 0 atom stereocenters. The van der Waals surface area contributed by atoms with Gasteiger partial charge in [0.25, 0.3) is 11.8 Å². The molecule has 1 aliphatic heterocycles. The summed E-state index contributed by atoms with van der Waals surface area (Å²) in [6.07, 6.45) is 0. The molecule has 0 aliphatic carbocycles. The lowest BCUT2D eigenvalue weighted by Crippen LogP contribution is -2.19. The Labute approximate surface area is 120 Å². The first-order chi connectivity index (χ1) is 10.1. The van der Waals surface area contributed by atoms with Crippen LogP contribution in [0.15, 0.2) is 36.4 Å². The van der Waals surface area contributed by atoms with Crippen LogP contribution in [0.2, 0.25) is 0 Å². The molecule has 0 spiro atoms. The van der Waals surface area contributed by atoms with Crippen molar-refractivity contribution < 1.29 is 14.3 Å². The van der Waals surface area contributed by atoms with Crippen molar-refractivity contribution in [3.05, 3.63) is 47.5 Å². The van der Waals surface area contributed by atoms with E-state index in [4.69, 9.17) is 10.5 Å². The second-order valence-electron chi connectivity index (χ2n) is 4.66. The van der Waals surface area contributed by atoms with Gasteiger partial charge in [-0.3, -0.25) is 14.9 Å². The van der Waals surface area contributed by atoms with Gasteiger partial charge in [0.15, 0.2) is 0 Å². The molecule has 0 saturated carbocycles. The average molecular weight is 283 g/mol. The Kier molecular flexibility index (Phi) is 2.98. The van der Waals surface area contributed by atoms with Crippen LogP contribution in [-0.2, 0) is 0 Å². The predicted octanol–water partition coefficient (Wildman–Crippen LogP) is 1.90. The van der Waals surface area contributed by atoms with E-state index < -0.39 is 0 Å².